The van der Waals surface area contributed by atoms with Crippen molar-refractivity contribution in [2.45, 2.75) is 39.2 Å². The van der Waals surface area contributed by atoms with Crippen LogP contribution in [0, 0.1) is 18.8 Å². The second-order valence-electron chi connectivity index (χ2n) is 7.83. The van der Waals surface area contributed by atoms with Crippen LogP contribution in [0.5, 0.6) is 0 Å². The van der Waals surface area contributed by atoms with Gasteiger partial charge in [-0.2, -0.15) is 11.8 Å². The molecule has 2 saturated heterocycles. The van der Waals surface area contributed by atoms with Crippen LogP contribution in [0.25, 0.3) is 0 Å². The summed E-state index contributed by atoms with van der Waals surface area (Å²) >= 11 is 1.89. The zero-order valence-corrected chi connectivity index (χ0v) is 17.0. The Morgan fingerprint density at radius 3 is 2.73 bits per heavy atom. The maximum atomic E-state index is 12.5. The monoisotopic (exact) mass is 379 g/mol. The molecule has 3 rings (SSSR count). The third kappa shape index (κ3) is 5.68. The number of aryl methyl sites for hydroxylation is 1. The van der Waals surface area contributed by atoms with Crippen molar-refractivity contribution < 1.29 is 9.21 Å². The minimum Gasteiger partial charge on any atom is -0.465 e. The van der Waals surface area contributed by atoms with Gasteiger partial charge in [0.15, 0.2) is 0 Å². The van der Waals surface area contributed by atoms with Crippen LogP contribution in [0.2, 0.25) is 0 Å². The van der Waals surface area contributed by atoms with Crippen LogP contribution in [0.1, 0.15) is 37.2 Å². The predicted molar refractivity (Wildman–Crippen MR) is 108 cm³/mol. The molecule has 3 heterocycles. The van der Waals surface area contributed by atoms with E-state index in [1.54, 1.807) is 0 Å². The number of furan rings is 1. The van der Waals surface area contributed by atoms with Crippen molar-refractivity contribution in [2.24, 2.45) is 11.8 Å². The van der Waals surface area contributed by atoms with E-state index in [0.29, 0.717) is 11.8 Å². The molecule has 1 atom stereocenters. The Balaban J connectivity index is 1.35. The number of urea groups is 1. The third-order valence-electron chi connectivity index (χ3n) is 5.63. The molecular formula is C20H33N3O2S. The maximum absolute atomic E-state index is 12.5. The highest BCUT2D eigenvalue weighted by Gasteiger charge is 2.25. The number of nitrogens with zero attached hydrogens (tertiary/aromatic N) is 2. The van der Waals surface area contributed by atoms with Crippen molar-refractivity contribution in [3.63, 3.8) is 0 Å². The molecule has 0 saturated carbocycles. The summed E-state index contributed by atoms with van der Waals surface area (Å²) in [6, 6.07) is 4.25. The fourth-order valence-corrected chi connectivity index (χ4v) is 4.85. The van der Waals surface area contributed by atoms with Crippen LogP contribution in [-0.2, 0) is 6.54 Å². The van der Waals surface area contributed by atoms with Gasteiger partial charge in [-0.25, -0.2) is 4.79 Å². The zero-order valence-electron chi connectivity index (χ0n) is 16.2. The molecule has 1 aromatic rings. The van der Waals surface area contributed by atoms with Gasteiger partial charge in [-0.05, 0) is 81.7 Å². The van der Waals surface area contributed by atoms with Crippen LogP contribution in [-0.4, -0.2) is 60.6 Å². The van der Waals surface area contributed by atoms with Gasteiger partial charge in [0.1, 0.15) is 11.5 Å². The topological polar surface area (TPSA) is 48.7 Å². The average molecular weight is 380 g/mol. The van der Waals surface area contributed by atoms with Crippen LogP contribution in [0.15, 0.2) is 16.5 Å². The summed E-state index contributed by atoms with van der Waals surface area (Å²) in [5.74, 6) is 4.46. The Morgan fingerprint density at radius 2 is 2.04 bits per heavy atom. The summed E-state index contributed by atoms with van der Waals surface area (Å²) < 4.78 is 5.68. The van der Waals surface area contributed by atoms with E-state index in [1.807, 2.05) is 29.7 Å². The Hall–Kier alpha value is -1.14. The highest BCUT2D eigenvalue weighted by molar-refractivity contribution is 7.98. The van der Waals surface area contributed by atoms with Gasteiger partial charge >= 0.3 is 6.03 Å². The SMILES string of the molecule is CSC[C@@H]1CCCN(C(=O)NCC2CCN(Cc3ccc(C)o3)CC2)C1. The van der Waals surface area contributed by atoms with E-state index in [-0.39, 0.29) is 6.03 Å². The molecule has 6 heteroatoms. The van der Waals surface area contributed by atoms with E-state index in [0.717, 1.165) is 75.8 Å². The first-order valence-electron chi connectivity index (χ1n) is 9.93. The van der Waals surface area contributed by atoms with Gasteiger partial charge in [-0.3, -0.25) is 4.90 Å². The summed E-state index contributed by atoms with van der Waals surface area (Å²) in [5, 5.41) is 3.20. The quantitative estimate of drug-likeness (QED) is 0.821. The lowest BCUT2D eigenvalue weighted by molar-refractivity contribution is 0.153. The van der Waals surface area contributed by atoms with Gasteiger partial charge in [0, 0.05) is 19.6 Å². The fourth-order valence-electron chi connectivity index (χ4n) is 4.10. The van der Waals surface area contributed by atoms with Gasteiger partial charge in [-0.15, -0.1) is 0 Å². The van der Waals surface area contributed by atoms with Gasteiger partial charge < -0.3 is 14.6 Å². The average Bonchev–Trinajstić information content (AvgIpc) is 3.06. The molecule has 1 N–H and O–H groups in total. The summed E-state index contributed by atoms with van der Waals surface area (Å²) in [4.78, 5) is 17.0. The normalized spacial score (nSPS) is 22.5. The highest BCUT2D eigenvalue weighted by atomic mass is 32.2. The van der Waals surface area contributed by atoms with Gasteiger partial charge in [0.25, 0.3) is 0 Å². The van der Waals surface area contributed by atoms with E-state index in [9.17, 15) is 4.79 Å². The molecule has 0 unspecified atom stereocenters. The van der Waals surface area contributed by atoms with E-state index < -0.39 is 0 Å². The molecule has 0 bridgehead atoms. The molecule has 0 aromatic carbocycles. The minimum absolute atomic E-state index is 0.143. The second-order valence-corrected chi connectivity index (χ2v) is 8.74. The summed E-state index contributed by atoms with van der Waals surface area (Å²) in [6.45, 7) is 7.71. The predicted octanol–water partition coefficient (Wildman–Crippen LogP) is 3.58. The van der Waals surface area contributed by atoms with E-state index in [2.05, 4.69) is 22.5 Å². The Kier molecular flexibility index (Phi) is 7.32. The van der Waals surface area contributed by atoms with Crippen molar-refractivity contribution in [2.75, 3.05) is 44.7 Å². The second kappa shape index (κ2) is 9.70. The van der Waals surface area contributed by atoms with Crippen molar-refractivity contribution in [3.8, 4) is 0 Å². The van der Waals surface area contributed by atoms with Crippen molar-refractivity contribution in [1.29, 1.82) is 0 Å². The van der Waals surface area contributed by atoms with E-state index >= 15 is 0 Å². The number of hydrogen-bond acceptors (Lipinski definition) is 4. The van der Waals surface area contributed by atoms with Crippen molar-refractivity contribution >= 4 is 17.8 Å². The fraction of sp³-hybridized carbons (Fsp3) is 0.750. The Bertz CT molecular complexity index is 567. The molecule has 26 heavy (non-hydrogen) atoms. The highest BCUT2D eigenvalue weighted by Crippen LogP contribution is 2.21. The van der Waals surface area contributed by atoms with Gasteiger partial charge in [0.2, 0.25) is 0 Å². The molecule has 2 amide bonds. The van der Waals surface area contributed by atoms with Crippen LogP contribution in [0.3, 0.4) is 0 Å². The lowest BCUT2D eigenvalue weighted by Gasteiger charge is -2.34. The Morgan fingerprint density at radius 1 is 1.23 bits per heavy atom. The first-order valence-corrected chi connectivity index (χ1v) is 11.3. The van der Waals surface area contributed by atoms with Crippen LogP contribution in [0.4, 0.5) is 4.79 Å². The first-order chi connectivity index (χ1) is 12.6. The smallest absolute Gasteiger partial charge is 0.317 e. The van der Waals surface area contributed by atoms with E-state index in [4.69, 9.17) is 4.42 Å². The van der Waals surface area contributed by atoms with Gasteiger partial charge in [0.05, 0.1) is 6.54 Å². The largest absolute Gasteiger partial charge is 0.465 e. The van der Waals surface area contributed by atoms with Crippen LogP contribution >= 0.6 is 11.8 Å². The van der Waals surface area contributed by atoms with Crippen molar-refractivity contribution in [1.82, 2.24) is 15.1 Å². The lowest BCUT2D eigenvalue weighted by atomic mass is 9.96. The summed E-state index contributed by atoms with van der Waals surface area (Å²) in [5.41, 5.74) is 0. The summed E-state index contributed by atoms with van der Waals surface area (Å²) in [7, 11) is 0. The first kappa shape index (κ1) is 19.6. The number of hydrogen-bond donors (Lipinski definition) is 1. The molecular weight excluding hydrogens is 346 g/mol. The number of nitrogens with one attached hydrogen (secondary N) is 1. The van der Waals surface area contributed by atoms with E-state index in [1.165, 1.54) is 6.42 Å². The third-order valence-corrected chi connectivity index (χ3v) is 6.44. The number of likely N-dealkylation sites (tertiary alicyclic amines) is 2. The summed E-state index contributed by atoms with van der Waals surface area (Å²) in [6.07, 6.45) is 6.85. The number of carbonyl (C=O) groups is 1. The molecule has 2 aliphatic heterocycles. The molecule has 0 spiro atoms. The minimum atomic E-state index is 0.143. The zero-order chi connectivity index (χ0) is 18.4. The number of piperidine rings is 2. The van der Waals surface area contributed by atoms with Crippen LogP contribution < -0.4 is 5.32 Å². The standard InChI is InChI=1S/C20H33N3O2S/c1-16-5-6-19(25-16)14-22-10-7-17(8-11-22)12-21-20(24)23-9-3-4-18(13-23)15-26-2/h5-6,17-18H,3-4,7-15H2,1-2H3,(H,21,24)/t18-/m1/s1. The number of rotatable bonds is 6. The number of carbonyl (C=O) groups excluding carboxylic acids is 1. The molecule has 0 radical (unpaired) electrons. The molecule has 146 valence electrons. The lowest BCUT2D eigenvalue weighted by Crippen LogP contribution is -2.47. The molecule has 5 nitrogen and oxygen atoms in total. The van der Waals surface area contributed by atoms with Gasteiger partial charge in [-0.1, -0.05) is 0 Å². The van der Waals surface area contributed by atoms with Crippen molar-refractivity contribution in [3.05, 3.63) is 23.7 Å². The molecule has 2 aliphatic rings. The number of amides is 2. The maximum Gasteiger partial charge on any atom is 0.317 e. The molecule has 0 aliphatic carbocycles. The molecule has 2 fully saturated rings. The Labute approximate surface area is 161 Å². The molecule has 1 aromatic heterocycles. The number of thioether (sulfide) groups is 1.